The number of rotatable bonds is 7. The average molecular weight is 372 g/mol. The Labute approximate surface area is 169 Å². The van der Waals surface area contributed by atoms with Crippen molar-refractivity contribution < 1.29 is 4.74 Å². The maximum absolute atomic E-state index is 5.23. The molecular formula is C26H29NO. The molecule has 0 aliphatic rings. The highest BCUT2D eigenvalue weighted by Crippen LogP contribution is 2.30. The lowest BCUT2D eigenvalue weighted by atomic mass is 9.92. The first-order valence-electron chi connectivity index (χ1n) is 9.46. The molecule has 0 heterocycles. The minimum Gasteiger partial charge on any atom is -0.497 e. The van der Waals surface area contributed by atoms with Crippen molar-refractivity contribution in [2.24, 2.45) is 4.99 Å². The van der Waals surface area contributed by atoms with Crippen LogP contribution in [0.1, 0.15) is 44.4 Å². The van der Waals surface area contributed by atoms with Gasteiger partial charge < -0.3 is 4.74 Å². The van der Waals surface area contributed by atoms with Gasteiger partial charge in [0.25, 0.3) is 0 Å². The summed E-state index contributed by atoms with van der Waals surface area (Å²) >= 11 is 0. The molecule has 0 unspecified atom stereocenters. The van der Waals surface area contributed by atoms with Crippen LogP contribution in [0.5, 0.6) is 5.75 Å². The molecule has 0 bridgehead atoms. The molecule has 0 radical (unpaired) electrons. The molecule has 2 heteroatoms. The van der Waals surface area contributed by atoms with Crippen molar-refractivity contribution in [3.05, 3.63) is 102 Å². The van der Waals surface area contributed by atoms with Crippen LogP contribution in [0.15, 0.2) is 90.0 Å². The number of methoxy groups -OCH3 is 1. The summed E-state index contributed by atoms with van der Waals surface area (Å²) in [4.78, 5) is 4.80. The van der Waals surface area contributed by atoms with Crippen LogP contribution < -0.4 is 4.74 Å². The predicted octanol–water partition coefficient (Wildman–Crippen LogP) is 7.10. The molecule has 0 saturated carbocycles. The van der Waals surface area contributed by atoms with Crippen LogP contribution in [0.3, 0.4) is 0 Å². The van der Waals surface area contributed by atoms with E-state index in [-0.39, 0.29) is 0 Å². The number of nitrogens with zero attached hydrogens (tertiary/aromatic N) is 1. The van der Waals surface area contributed by atoms with Gasteiger partial charge in [-0.3, -0.25) is 4.99 Å². The molecule has 2 aromatic rings. The molecule has 0 amide bonds. The lowest BCUT2D eigenvalue weighted by molar-refractivity contribution is 0.415. The molecule has 28 heavy (non-hydrogen) atoms. The molecule has 0 aliphatic heterocycles. The van der Waals surface area contributed by atoms with Crippen molar-refractivity contribution in [1.29, 1.82) is 0 Å². The Balaban J connectivity index is 2.46. The van der Waals surface area contributed by atoms with E-state index in [1.165, 1.54) is 11.1 Å². The summed E-state index contributed by atoms with van der Waals surface area (Å²) in [5.74, 6) is 0.835. The second-order valence-corrected chi connectivity index (χ2v) is 6.50. The minimum atomic E-state index is 0.749. The Morgan fingerprint density at radius 2 is 1.61 bits per heavy atom. The molecule has 0 spiro atoms. The van der Waals surface area contributed by atoms with E-state index in [1.807, 2.05) is 50.3 Å². The smallest absolute Gasteiger partial charge is 0.118 e. The van der Waals surface area contributed by atoms with Crippen molar-refractivity contribution in [1.82, 2.24) is 0 Å². The summed E-state index contributed by atoms with van der Waals surface area (Å²) in [5.41, 5.74) is 7.28. The number of allylic oxidation sites excluding steroid dienone is 6. The Morgan fingerprint density at radius 3 is 2.18 bits per heavy atom. The number of aliphatic imine (C=N–C) groups is 1. The van der Waals surface area contributed by atoms with Crippen LogP contribution >= 0.6 is 0 Å². The highest BCUT2D eigenvalue weighted by molar-refractivity contribution is 6.02. The summed E-state index contributed by atoms with van der Waals surface area (Å²) in [6.07, 6.45) is 8.36. The van der Waals surface area contributed by atoms with E-state index >= 15 is 0 Å². The molecule has 0 atom stereocenters. The molecule has 0 aromatic heterocycles. The van der Waals surface area contributed by atoms with E-state index < -0.39 is 0 Å². The third kappa shape index (κ3) is 5.20. The number of hydrogen-bond donors (Lipinski definition) is 0. The molecule has 0 fully saturated rings. The Morgan fingerprint density at radius 1 is 0.964 bits per heavy atom. The van der Waals surface area contributed by atoms with Gasteiger partial charge in [-0.05, 0) is 74.2 Å². The number of hydrogen-bond acceptors (Lipinski definition) is 2. The van der Waals surface area contributed by atoms with Crippen molar-refractivity contribution in [2.45, 2.75) is 27.7 Å². The first kappa shape index (κ1) is 21.2. The highest BCUT2D eigenvalue weighted by atomic mass is 16.5. The first-order valence-corrected chi connectivity index (χ1v) is 9.46. The van der Waals surface area contributed by atoms with Crippen molar-refractivity contribution >= 4 is 17.0 Å². The van der Waals surface area contributed by atoms with E-state index in [2.05, 4.69) is 56.9 Å². The molecule has 0 aliphatic carbocycles. The molecule has 2 rings (SSSR count). The van der Waals surface area contributed by atoms with Crippen LogP contribution in [0.2, 0.25) is 0 Å². The summed E-state index contributed by atoms with van der Waals surface area (Å²) in [5, 5.41) is 0. The Bertz CT molecular complexity index is 941. The van der Waals surface area contributed by atoms with Crippen LogP contribution in [0.4, 0.5) is 0 Å². The molecular weight excluding hydrogens is 342 g/mol. The Hall–Kier alpha value is -3.13. The van der Waals surface area contributed by atoms with Gasteiger partial charge in [0, 0.05) is 11.3 Å². The zero-order chi connectivity index (χ0) is 20.5. The van der Waals surface area contributed by atoms with Gasteiger partial charge in [-0.15, -0.1) is 0 Å². The monoisotopic (exact) mass is 371 g/mol. The molecule has 2 nitrogen and oxygen atoms in total. The number of ether oxygens (including phenoxy) is 1. The van der Waals surface area contributed by atoms with Gasteiger partial charge in [0.05, 0.1) is 12.8 Å². The second-order valence-electron chi connectivity index (χ2n) is 6.50. The normalized spacial score (nSPS) is 13.1. The van der Waals surface area contributed by atoms with Gasteiger partial charge >= 0.3 is 0 Å². The zero-order valence-electron chi connectivity index (χ0n) is 17.5. The summed E-state index contributed by atoms with van der Waals surface area (Å²) in [6.45, 7) is 12.5. The lowest BCUT2D eigenvalue weighted by Gasteiger charge is -2.14. The topological polar surface area (TPSA) is 21.6 Å². The average Bonchev–Trinajstić information content (AvgIpc) is 2.74. The SMILES string of the molecule is C=C(N=C(C)c1ccc(OC)cc1)c1ccccc1C(=C/C=C\C)/C(C)=C\C. The lowest BCUT2D eigenvalue weighted by Crippen LogP contribution is -1.98. The van der Waals surface area contributed by atoms with Crippen LogP contribution in [-0.4, -0.2) is 12.8 Å². The van der Waals surface area contributed by atoms with Crippen molar-refractivity contribution in [3.8, 4) is 5.75 Å². The van der Waals surface area contributed by atoms with Gasteiger partial charge in [0.15, 0.2) is 0 Å². The van der Waals surface area contributed by atoms with Gasteiger partial charge in [-0.2, -0.15) is 0 Å². The fraction of sp³-hybridized carbons (Fsp3) is 0.192. The van der Waals surface area contributed by atoms with Gasteiger partial charge in [-0.25, -0.2) is 0 Å². The van der Waals surface area contributed by atoms with E-state index in [0.717, 1.165) is 33.8 Å². The fourth-order valence-electron chi connectivity index (χ4n) is 2.91. The third-order valence-electron chi connectivity index (χ3n) is 4.65. The minimum absolute atomic E-state index is 0.749. The van der Waals surface area contributed by atoms with E-state index in [9.17, 15) is 0 Å². The first-order chi connectivity index (χ1) is 13.5. The number of benzene rings is 2. The van der Waals surface area contributed by atoms with E-state index in [1.54, 1.807) is 7.11 Å². The molecule has 2 aromatic carbocycles. The van der Waals surface area contributed by atoms with E-state index in [4.69, 9.17) is 9.73 Å². The van der Waals surface area contributed by atoms with Crippen LogP contribution in [-0.2, 0) is 0 Å². The maximum atomic E-state index is 5.23. The summed E-state index contributed by atoms with van der Waals surface area (Å²) < 4.78 is 5.23. The quantitative estimate of drug-likeness (QED) is 0.376. The maximum Gasteiger partial charge on any atom is 0.118 e. The molecule has 0 saturated heterocycles. The molecule has 0 N–H and O–H groups in total. The van der Waals surface area contributed by atoms with Gasteiger partial charge in [-0.1, -0.05) is 55.1 Å². The molecule has 144 valence electrons. The summed E-state index contributed by atoms with van der Waals surface area (Å²) in [6, 6.07) is 16.2. The van der Waals surface area contributed by atoms with Crippen molar-refractivity contribution in [2.75, 3.05) is 7.11 Å². The van der Waals surface area contributed by atoms with Crippen LogP contribution in [0.25, 0.3) is 11.3 Å². The van der Waals surface area contributed by atoms with Crippen molar-refractivity contribution in [3.63, 3.8) is 0 Å². The second kappa shape index (κ2) is 10.3. The fourth-order valence-corrected chi connectivity index (χ4v) is 2.91. The summed E-state index contributed by atoms with van der Waals surface area (Å²) in [7, 11) is 1.67. The highest BCUT2D eigenvalue weighted by Gasteiger charge is 2.11. The third-order valence-corrected chi connectivity index (χ3v) is 4.65. The Kier molecular flexibility index (Phi) is 7.76. The standard InChI is InChI=1S/C26H29NO/c1-7-9-12-24(19(3)8-2)26-14-11-10-13-25(26)21(5)27-20(4)22-15-17-23(28-6)18-16-22/h7-18H,5H2,1-4,6H3/b9-7-,19-8-,24-12+,27-20?. The largest absolute Gasteiger partial charge is 0.497 e. The van der Waals surface area contributed by atoms with Gasteiger partial charge in [0.1, 0.15) is 5.75 Å². The van der Waals surface area contributed by atoms with E-state index in [0.29, 0.717) is 0 Å². The van der Waals surface area contributed by atoms with Crippen LogP contribution in [0, 0.1) is 0 Å². The predicted molar refractivity (Wildman–Crippen MR) is 123 cm³/mol. The van der Waals surface area contributed by atoms with Gasteiger partial charge in [0.2, 0.25) is 0 Å². The zero-order valence-corrected chi connectivity index (χ0v) is 17.5.